The summed E-state index contributed by atoms with van der Waals surface area (Å²) < 4.78 is 4.42. The molecule has 0 bridgehead atoms. The van der Waals surface area contributed by atoms with Crippen molar-refractivity contribution in [3.05, 3.63) is 0 Å². The van der Waals surface area contributed by atoms with Crippen molar-refractivity contribution in [3.63, 3.8) is 0 Å². The molecule has 0 aromatic heterocycles. The van der Waals surface area contributed by atoms with Crippen molar-refractivity contribution in [2.24, 2.45) is 5.73 Å². The summed E-state index contributed by atoms with van der Waals surface area (Å²) in [5.74, 6) is -1.69. The number of carbonyl (C=O) groups excluding carboxylic acids is 3. The first kappa shape index (κ1) is 15.5. The summed E-state index contributed by atoms with van der Waals surface area (Å²) in [5.41, 5.74) is 4.74. The Morgan fingerprint density at radius 1 is 1.50 bits per heavy atom. The largest absolute Gasteiger partial charge is 0.481 e. The fourth-order valence-corrected chi connectivity index (χ4v) is 1.74. The Morgan fingerprint density at radius 2 is 2.20 bits per heavy atom. The molecule has 1 saturated heterocycles. The molecular formula is C10H16N4O6. The zero-order valence-corrected chi connectivity index (χ0v) is 10.6. The Labute approximate surface area is 114 Å². The molecule has 1 rings (SSSR count). The van der Waals surface area contributed by atoms with Crippen molar-refractivity contribution >= 4 is 24.0 Å². The van der Waals surface area contributed by atoms with Gasteiger partial charge in [0, 0.05) is 13.1 Å². The molecule has 20 heavy (non-hydrogen) atoms. The number of carboxylic acid groups (broad SMARTS) is 1. The van der Waals surface area contributed by atoms with E-state index in [1.54, 1.807) is 0 Å². The average Bonchev–Trinajstić information content (AvgIpc) is 2.36. The van der Waals surface area contributed by atoms with Crippen LogP contribution in [0.25, 0.3) is 0 Å². The standard InChI is InChI=1S/C10H16N4O6/c11-9(18)20-4-2-13-10(19)14-3-1-12-8(17)6(14)5-7(15)16/h6H,1-5H2,(H2,11,18)(H,12,17)(H,13,19)(H,15,16). The molecule has 0 aromatic rings. The maximum Gasteiger partial charge on any atom is 0.404 e. The quantitative estimate of drug-likeness (QED) is 0.432. The van der Waals surface area contributed by atoms with Gasteiger partial charge in [0.25, 0.3) is 0 Å². The minimum absolute atomic E-state index is 0.0136. The highest BCUT2D eigenvalue weighted by molar-refractivity contribution is 5.91. The molecule has 10 heteroatoms. The van der Waals surface area contributed by atoms with E-state index in [9.17, 15) is 19.2 Å². The van der Waals surface area contributed by atoms with E-state index in [-0.39, 0.29) is 26.2 Å². The first-order valence-corrected chi connectivity index (χ1v) is 5.88. The molecule has 1 unspecified atom stereocenters. The van der Waals surface area contributed by atoms with Gasteiger partial charge >= 0.3 is 18.1 Å². The first-order valence-electron chi connectivity index (χ1n) is 5.88. The highest BCUT2D eigenvalue weighted by Gasteiger charge is 2.34. The van der Waals surface area contributed by atoms with E-state index in [0.29, 0.717) is 0 Å². The van der Waals surface area contributed by atoms with E-state index in [1.807, 2.05) is 0 Å². The lowest BCUT2D eigenvalue weighted by Gasteiger charge is -2.34. The number of amides is 4. The van der Waals surface area contributed by atoms with Crippen LogP contribution < -0.4 is 16.4 Å². The van der Waals surface area contributed by atoms with Crippen molar-refractivity contribution in [1.29, 1.82) is 0 Å². The van der Waals surface area contributed by atoms with Crippen LogP contribution in [0.3, 0.4) is 0 Å². The highest BCUT2D eigenvalue weighted by atomic mass is 16.5. The fraction of sp³-hybridized carbons (Fsp3) is 0.600. The van der Waals surface area contributed by atoms with Crippen LogP contribution in [0.2, 0.25) is 0 Å². The van der Waals surface area contributed by atoms with Gasteiger partial charge in [-0.2, -0.15) is 0 Å². The summed E-state index contributed by atoms with van der Waals surface area (Å²) in [6.07, 6.45) is -1.43. The predicted octanol–water partition coefficient (Wildman–Crippen LogP) is -1.93. The summed E-state index contributed by atoms with van der Waals surface area (Å²) in [4.78, 5) is 45.6. The predicted molar refractivity (Wildman–Crippen MR) is 64.7 cm³/mol. The fourth-order valence-electron chi connectivity index (χ4n) is 1.74. The van der Waals surface area contributed by atoms with Gasteiger partial charge in [0.2, 0.25) is 5.91 Å². The molecule has 112 valence electrons. The molecule has 1 heterocycles. The van der Waals surface area contributed by atoms with Crippen molar-refractivity contribution < 1.29 is 29.0 Å². The van der Waals surface area contributed by atoms with Gasteiger partial charge in [-0.05, 0) is 0 Å². The lowest BCUT2D eigenvalue weighted by Crippen LogP contribution is -2.60. The molecule has 0 aliphatic carbocycles. The van der Waals surface area contributed by atoms with Crippen molar-refractivity contribution in [1.82, 2.24) is 15.5 Å². The zero-order chi connectivity index (χ0) is 15.1. The van der Waals surface area contributed by atoms with E-state index >= 15 is 0 Å². The van der Waals surface area contributed by atoms with Gasteiger partial charge in [-0.15, -0.1) is 0 Å². The molecule has 1 aliphatic heterocycles. The molecule has 5 N–H and O–H groups in total. The van der Waals surface area contributed by atoms with Crippen LogP contribution in [0.5, 0.6) is 0 Å². The Kier molecular flexibility index (Phi) is 5.56. The topological polar surface area (TPSA) is 151 Å². The number of nitrogens with one attached hydrogen (secondary N) is 2. The molecular weight excluding hydrogens is 272 g/mol. The number of carbonyl (C=O) groups is 4. The molecule has 4 amide bonds. The number of hydrogen-bond donors (Lipinski definition) is 4. The van der Waals surface area contributed by atoms with Gasteiger partial charge in [-0.1, -0.05) is 0 Å². The van der Waals surface area contributed by atoms with Crippen molar-refractivity contribution in [2.45, 2.75) is 12.5 Å². The highest BCUT2D eigenvalue weighted by Crippen LogP contribution is 2.09. The Hall–Kier alpha value is -2.52. The smallest absolute Gasteiger partial charge is 0.404 e. The molecule has 10 nitrogen and oxygen atoms in total. The number of primary amides is 1. The molecule has 1 atom stereocenters. The maximum atomic E-state index is 11.9. The van der Waals surface area contributed by atoms with Gasteiger partial charge in [0.15, 0.2) is 0 Å². The molecule has 0 spiro atoms. The van der Waals surface area contributed by atoms with E-state index in [4.69, 9.17) is 10.8 Å². The minimum Gasteiger partial charge on any atom is -0.481 e. The van der Waals surface area contributed by atoms with Crippen LogP contribution in [0.4, 0.5) is 9.59 Å². The van der Waals surface area contributed by atoms with Crippen LogP contribution in [0.15, 0.2) is 0 Å². The maximum absolute atomic E-state index is 11.9. The summed E-state index contributed by atoms with van der Waals surface area (Å²) >= 11 is 0. The van der Waals surface area contributed by atoms with Gasteiger partial charge in [0.1, 0.15) is 12.6 Å². The second-order valence-corrected chi connectivity index (χ2v) is 4.00. The SMILES string of the molecule is NC(=O)OCCNC(=O)N1CCNC(=O)C1CC(=O)O. The van der Waals surface area contributed by atoms with Crippen LogP contribution >= 0.6 is 0 Å². The van der Waals surface area contributed by atoms with Crippen molar-refractivity contribution in [2.75, 3.05) is 26.2 Å². The molecule has 0 saturated carbocycles. The van der Waals surface area contributed by atoms with E-state index < -0.39 is 36.5 Å². The third kappa shape index (κ3) is 4.63. The Balaban J connectivity index is 2.52. The number of nitrogens with two attached hydrogens (primary N) is 1. The van der Waals surface area contributed by atoms with Crippen molar-refractivity contribution in [3.8, 4) is 0 Å². The average molecular weight is 288 g/mol. The third-order valence-electron chi connectivity index (χ3n) is 2.58. The Morgan fingerprint density at radius 3 is 2.80 bits per heavy atom. The first-order chi connectivity index (χ1) is 9.41. The number of ether oxygens (including phenoxy) is 1. The minimum atomic E-state index is -1.18. The number of nitrogens with zero attached hydrogens (tertiary/aromatic N) is 1. The molecule has 0 radical (unpaired) electrons. The van der Waals surface area contributed by atoms with Crippen LogP contribution in [-0.2, 0) is 14.3 Å². The van der Waals surface area contributed by atoms with Gasteiger partial charge in [-0.3, -0.25) is 9.59 Å². The van der Waals surface area contributed by atoms with Crippen LogP contribution in [-0.4, -0.2) is 66.3 Å². The van der Waals surface area contributed by atoms with E-state index in [2.05, 4.69) is 15.4 Å². The number of carboxylic acids is 1. The lowest BCUT2D eigenvalue weighted by molar-refractivity contribution is -0.142. The summed E-state index contributed by atoms with van der Waals surface area (Å²) in [5, 5.41) is 13.7. The van der Waals surface area contributed by atoms with E-state index in [1.165, 1.54) is 0 Å². The number of aliphatic carboxylic acids is 1. The molecule has 1 aliphatic rings. The third-order valence-corrected chi connectivity index (χ3v) is 2.58. The van der Waals surface area contributed by atoms with E-state index in [0.717, 1.165) is 4.90 Å². The Bertz CT molecular complexity index is 413. The second-order valence-electron chi connectivity index (χ2n) is 4.00. The summed E-state index contributed by atoms with van der Waals surface area (Å²) in [7, 11) is 0. The number of hydrogen-bond acceptors (Lipinski definition) is 5. The monoisotopic (exact) mass is 288 g/mol. The van der Waals surface area contributed by atoms with Crippen LogP contribution in [0, 0.1) is 0 Å². The normalized spacial score (nSPS) is 18.1. The number of rotatable bonds is 5. The van der Waals surface area contributed by atoms with Gasteiger partial charge < -0.3 is 31.1 Å². The number of urea groups is 1. The number of piperazine rings is 1. The zero-order valence-electron chi connectivity index (χ0n) is 10.6. The summed E-state index contributed by atoms with van der Waals surface area (Å²) in [6.45, 7) is 0.358. The molecule has 1 fully saturated rings. The lowest BCUT2D eigenvalue weighted by atomic mass is 10.1. The molecule has 0 aromatic carbocycles. The van der Waals surface area contributed by atoms with Gasteiger partial charge in [0.05, 0.1) is 13.0 Å². The van der Waals surface area contributed by atoms with Crippen LogP contribution in [0.1, 0.15) is 6.42 Å². The van der Waals surface area contributed by atoms with Gasteiger partial charge in [-0.25, -0.2) is 9.59 Å². The second kappa shape index (κ2) is 7.16. The summed E-state index contributed by atoms with van der Waals surface area (Å²) in [6, 6.07) is -1.66.